The largest absolute Gasteiger partial charge is 0.342 e. The quantitative estimate of drug-likeness (QED) is 0.778. The van der Waals surface area contributed by atoms with E-state index in [0.717, 1.165) is 32.4 Å². The van der Waals surface area contributed by atoms with Crippen LogP contribution in [0.2, 0.25) is 0 Å². The second-order valence-electron chi connectivity index (χ2n) is 6.96. The molecule has 104 valence electrons. The Kier molecular flexibility index (Phi) is 4.31. The van der Waals surface area contributed by atoms with Crippen LogP contribution >= 0.6 is 0 Å². The van der Waals surface area contributed by atoms with E-state index in [1.54, 1.807) is 0 Å². The summed E-state index contributed by atoms with van der Waals surface area (Å²) in [5.41, 5.74) is 6.07. The Morgan fingerprint density at radius 3 is 2.11 bits per heavy atom. The molecule has 1 aliphatic heterocycles. The molecule has 1 amide bonds. The van der Waals surface area contributed by atoms with Crippen LogP contribution in [0, 0.1) is 23.7 Å². The average Bonchev–Trinajstić information content (AvgIpc) is 2.25. The number of carbonyl (C=O) groups excluding carboxylic acids is 1. The van der Waals surface area contributed by atoms with Crippen LogP contribution in [0.3, 0.4) is 0 Å². The van der Waals surface area contributed by atoms with Crippen LogP contribution in [0.1, 0.15) is 46.5 Å². The van der Waals surface area contributed by atoms with E-state index in [4.69, 9.17) is 5.73 Å². The highest BCUT2D eigenvalue weighted by Crippen LogP contribution is 2.31. The molecule has 0 radical (unpaired) electrons. The fourth-order valence-corrected chi connectivity index (χ4v) is 3.96. The van der Waals surface area contributed by atoms with Gasteiger partial charge in [0.25, 0.3) is 0 Å². The predicted molar refractivity (Wildman–Crippen MR) is 74.0 cm³/mol. The normalized spacial score (nSPS) is 41.8. The van der Waals surface area contributed by atoms with E-state index in [9.17, 15) is 4.79 Å². The molecule has 2 aliphatic rings. The predicted octanol–water partition coefficient (Wildman–Crippen LogP) is 2.25. The van der Waals surface area contributed by atoms with E-state index in [1.165, 1.54) is 6.42 Å². The van der Waals surface area contributed by atoms with Gasteiger partial charge in [0.05, 0.1) is 0 Å². The van der Waals surface area contributed by atoms with Gasteiger partial charge in [-0.05, 0) is 43.4 Å². The molecule has 2 fully saturated rings. The van der Waals surface area contributed by atoms with E-state index in [0.29, 0.717) is 23.7 Å². The summed E-state index contributed by atoms with van der Waals surface area (Å²) < 4.78 is 0. The lowest BCUT2D eigenvalue weighted by Gasteiger charge is -2.39. The van der Waals surface area contributed by atoms with E-state index in [2.05, 4.69) is 25.7 Å². The van der Waals surface area contributed by atoms with Crippen LogP contribution in [0.4, 0.5) is 0 Å². The Labute approximate surface area is 111 Å². The summed E-state index contributed by atoms with van der Waals surface area (Å²) in [5.74, 6) is 2.44. The molecule has 2 N–H and O–H groups in total. The fourth-order valence-electron chi connectivity index (χ4n) is 3.96. The smallest absolute Gasteiger partial charge is 0.225 e. The van der Waals surface area contributed by atoms with Crippen LogP contribution in [-0.2, 0) is 4.79 Å². The third-order valence-corrected chi connectivity index (χ3v) is 4.51. The summed E-state index contributed by atoms with van der Waals surface area (Å²) in [6, 6.07) is 0.224. The molecule has 5 unspecified atom stereocenters. The van der Waals surface area contributed by atoms with Gasteiger partial charge in [-0.3, -0.25) is 4.79 Å². The zero-order valence-corrected chi connectivity index (χ0v) is 12.1. The summed E-state index contributed by atoms with van der Waals surface area (Å²) >= 11 is 0. The number of hydrogen-bond acceptors (Lipinski definition) is 2. The third-order valence-electron chi connectivity index (χ3n) is 4.51. The standard InChI is InChI=1S/C15H28N2O/c1-10-5-13(7-14(16)6-10)15(18)17-8-11(2)4-12(3)9-17/h10-14H,4-9,16H2,1-3H3. The SMILES string of the molecule is CC1CC(N)CC(C(=O)N2CC(C)CC(C)C2)C1. The van der Waals surface area contributed by atoms with Crippen molar-refractivity contribution in [3.8, 4) is 0 Å². The van der Waals surface area contributed by atoms with Crippen molar-refractivity contribution < 1.29 is 4.79 Å². The molecular formula is C15H28N2O. The van der Waals surface area contributed by atoms with Crippen molar-refractivity contribution in [2.75, 3.05) is 13.1 Å². The lowest BCUT2D eigenvalue weighted by molar-refractivity contribution is -0.140. The molecule has 3 nitrogen and oxygen atoms in total. The molecule has 0 aromatic heterocycles. The first-order valence-electron chi connectivity index (χ1n) is 7.50. The highest BCUT2D eigenvalue weighted by atomic mass is 16.2. The summed E-state index contributed by atoms with van der Waals surface area (Å²) in [6.07, 6.45) is 4.26. The van der Waals surface area contributed by atoms with Gasteiger partial charge in [-0.2, -0.15) is 0 Å². The van der Waals surface area contributed by atoms with E-state index in [-0.39, 0.29) is 12.0 Å². The minimum Gasteiger partial charge on any atom is -0.342 e. The van der Waals surface area contributed by atoms with Crippen LogP contribution < -0.4 is 5.73 Å². The molecule has 0 spiro atoms. The van der Waals surface area contributed by atoms with Gasteiger partial charge in [-0.15, -0.1) is 0 Å². The molecule has 0 aromatic carbocycles. The molecule has 18 heavy (non-hydrogen) atoms. The summed E-state index contributed by atoms with van der Waals surface area (Å²) in [5, 5.41) is 0. The number of nitrogens with zero attached hydrogens (tertiary/aromatic N) is 1. The first kappa shape index (κ1) is 13.9. The summed E-state index contributed by atoms with van der Waals surface area (Å²) in [4.78, 5) is 14.7. The third kappa shape index (κ3) is 3.25. The molecule has 0 aromatic rings. The van der Waals surface area contributed by atoms with Crippen molar-refractivity contribution in [1.82, 2.24) is 4.90 Å². The van der Waals surface area contributed by atoms with Gasteiger partial charge < -0.3 is 10.6 Å². The van der Waals surface area contributed by atoms with E-state index in [1.807, 2.05) is 0 Å². The minimum atomic E-state index is 0.182. The number of hydrogen-bond donors (Lipinski definition) is 1. The molecule has 3 heteroatoms. The van der Waals surface area contributed by atoms with Crippen LogP contribution in [0.15, 0.2) is 0 Å². The maximum atomic E-state index is 12.6. The van der Waals surface area contributed by atoms with Gasteiger partial charge in [-0.1, -0.05) is 20.8 Å². The van der Waals surface area contributed by atoms with Gasteiger partial charge in [0.1, 0.15) is 0 Å². The number of amides is 1. The van der Waals surface area contributed by atoms with Crippen LogP contribution in [0.25, 0.3) is 0 Å². The molecule has 1 saturated heterocycles. The topological polar surface area (TPSA) is 46.3 Å². The van der Waals surface area contributed by atoms with Gasteiger partial charge in [-0.25, -0.2) is 0 Å². The van der Waals surface area contributed by atoms with E-state index < -0.39 is 0 Å². The zero-order chi connectivity index (χ0) is 13.3. The second kappa shape index (κ2) is 5.60. The Bertz CT molecular complexity index is 257. The lowest BCUT2D eigenvalue weighted by Crippen LogP contribution is -2.47. The molecule has 5 atom stereocenters. The van der Waals surface area contributed by atoms with Gasteiger partial charge in [0.15, 0.2) is 0 Å². The average molecular weight is 252 g/mol. The minimum absolute atomic E-state index is 0.182. The molecule has 1 aliphatic carbocycles. The Morgan fingerprint density at radius 1 is 0.944 bits per heavy atom. The summed E-state index contributed by atoms with van der Waals surface area (Å²) in [6.45, 7) is 8.63. The highest BCUT2D eigenvalue weighted by Gasteiger charge is 2.34. The van der Waals surface area contributed by atoms with Crippen molar-refractivity contribution in [3.05, 3.63) is 0 Å². The first-order chi connectivity index (χ1) is 8.45. The van der Waals surface area contributed by atoms with Gasteiger partial charge in [0.2, 0.25) is 5.91 Å². The maximum absolute atomic E-state index is 12.6. The molecule has 1 heterocycles. The van der Waals surface area contributed by atoms with Crippen molar-refractivity contribution in [2.24, 2.45) is 29.4 Å². The van der Waals surface area contributed by atoms with Gasteiger partial charge >= 0.3 is 0 Å². The van der Waals surface area contributed by atoms with Crippen LogP contribution in [0.5, 0.6) is 0 Å². The number of rotatable bonds is 1. The molecule has 1 saturated carbocycles. The Balaban J connectivity index is 1.97. The molecule has 0 bridgehead atoms. The second-order valence-corrected chi connectivity index (χ2v) is 6.96. The first-order valence-corrected chi connectivity index (χ1v) is 7.50. The Morgan fingerprint density at radius 2 is 1.56 bits per heavy atom. The van der Waals surface area contributed by atoms with Crippen molar-refractivity contribution >= 4 is 5.91 Å². The molecular weight excluding hydrogens is 224 g/mol. The zero-order valence-electron chi connectivity index (χ0n) is 12.1. The van der Waals surface area contributed by atoms with Crippen molar-refractivity contribution in [3.63, 3.8) is 0 Å². The van der Waals surface area contributed by atoms with Gasteiger partial charge in [0, 0.05) is 25.0 Å². The highest BCUT2D eigenvalue weighted by molar-refractivity contribution is 5.79. The number of piperidine rings is 1. The number of carbonyl (C=O) groups is 1. The number of likely N-dealkylation sites (tertiary alicyclic amines) is 1. The fraction of sp³-hybridized carbons (Fsp3) is 0.933. The number of nitrogens with two attached hydrogens (primary N) is 1. The molecule has 2 rings (SSSR count). The van der Waals surface area contributed by atoms with Crippen molar-refractivity contribution in [2.45, 2.75) is 52.5 Å². The van der Waals surface area contributed by atoms with Crippen LogP contribution in [-0.4, -0.2) is 29.9 Å². The summed E-state index contributed by atoms with van der Waals surface area (Å²) in [7, 11) is 0. The van der Waals surface area contributed by atoms with Crippen molar-refractivity contribution in [1.29, 1.82) is 0 Å². The maximum Gasteiger partial charge on any atom is 0.225 e. The Hall–Kier alpha value is -0.570. The van der Waals surface area contributed by atoms with E-state index >= 15 is 0 Å². The lowest BCUT2D eigenvalue weighted by atomic mass is 9.78. The monoisotopic (exact) mass is 252 g/mol.